The molecule has 0 saturated carbocycles. The van der Waals surface area contributed by atoms with Gasteiger partial charge in [0.25, 0.3) is 0 Å². The van der Waals surface area contributed by atoms with E-state index in [0.717, 1.165) is 36.6 Å². The molecule has 0 fully saturated rings. The minimum Gasteiger partial charge on any atom is -0.347 e. The minimum atomic E-state index is -4.32. The summed E-state index contributed by atoms with van der Waals surface area (Å²) in [5, 5.41) is 0. The van der Waals surface area contributed by atoms with E-state index >= 15 is 0 Å². The van der Waals surface area contributed by atoms with E-state index in [9.17, 15) is 13.2 Å². The number of nitrogens with two attached hydrogens (primary N) is 1. The predicted octanol–water partition coefficient (Wildman–Crippen LogP) is 3.89. The van der Waals surface area contributed by atoms with Crippen LogP contribution >= 0.6 is 0 Å². The van der Waals surface area contributed by atoms with Gasteiger partial charge < -0.3 is 10.3 Å². The lowest BCUT2D eigenvalue weighted by Gasteiger charge is -2.21. The lowest BCUT2D eigenvalue weighted by Crippen LogP contribution is -2.19. The van der Waals surface area contributed by atoms with Crippen LogP contribution in [0.15, 0.2) is 36.5 Å². The minimum absolute atomic E-state index is 0.00728. The molecule has 1 unspecified atom stereocenters. The molecule has 2 N–H and O–H groups in total. The van der Waals surface area contributed by atoms with Gasteiger partial charge in [-0.05, 0) is 42.5 Å². The van der Waals surface area contributed by atoms with E-state index in [0.29, 0.717) is 5.56 Å². The zero-order chi connectivity index (χ0) is 15.0. The molecular weight excluding hydrogens is 277 g/mol. The highest BCUT2D eigenvalue weighted by atomic mass is 19.4. The normalized spacial score (nSPS) is 18.6. The molecule has 0 radical (unpaired) electrons. The monoisotopic (exact) mass is 294 g/mol. The SMILES string of the molecule is NC1CCCc2c1ccn2Cc1ccccc1C(F)(F)F. The average Bonchev–Trinajstić information content (AvgIpc) is 2.83. The first-order valence-corrected chi connectivity index (χ1v) is 7.05. The topological polar surface area (TPSA) is 30.9 Å². The Labute approximate surface area is 121 Å². The first-order valence-electron chi connectivity index (χ1n) is 7.05. The summed E-state index contributed by atoms with van der Waals surface area (Å²) in [7, 11) is 0. The Bertz CT molecular complexity index is 643. The van der Waals surface area contributed by atoms with Crippen molar-refractivity contribution in [3.8, 4) is 0 Å². The maximum absolute atomic E-state index is 13.0. The Kier molecular flexibility index (Phi) is 3.53. The third-order valence-electron chi connectivity index (χ3n) is 4.11. The van der Waals surface area contributed by atoms with E-state index in [2.05, 4.69) is 0 Å². The standard InChI is InChI=1S/C16H17F3N2/c17-16(18,19)13-5-2-1-4-11(13)10-21-9-8-12-14(20)6-3-7-15(12)21/h1-2,4-5,8-9,14H,3,6-7,10,20H2. The smallest absolute Gasteiger partial charge is 0.347 e. The molecule has 0 saturated heterocycles. The Morgan fingerprint density at radius 1 is 1.19 bits per heavy atom. The van der Waals surface area contributed by atoms with Crippen LogP contribution in [-0.4, -0.2) is 4.57 Å². The van der Waals surface area contributed by atoms with Crippen molar-refractivity contribution in [2.75, 3.05) is 0 Å². The van der Waals surface area contributed by atoms with Crippen molar-refractivity contribution in [3.63, 3.8) is 0 Å². The second kappa shape index (κ2) is 5.22. The van der Waals surface area contributed by atoms with Crippen LogP contribution in [0, 0.1) is 0 Å². The molecule has 2 aromatic rings. The molecule has 1 heterocycles. The van der Waals surface area contributed by atoms with Gasteiger partial charge >= 0.3 is 6.18 Å². The molecule has 0 amide bonds. The Morgan fingerprint density at radius 3 is 2.71 bits per heavy atom. The van der Waals surface area contributed by atoms with Crippen molar-refractivity contribution in [1.29, 1.82) is 0 Å². The maximum atomic E-state index is 13.0. The van der Waals surface area contributed by atoms with Gasteiger partial charge in [-0.1, -0.05) is 18.2 Å². The molecule has 1 aliphatic rings. The van der Waals surface area contributed by atoms with E-state index in [4.69, 9.17) is 5.73 Å². The number of nitrogens with zero attached hydrogens (tertiary/aromatic N) is 1. The fourth-order valence-corrected chi connectivity index (χ4v) is 3.06. The molecule has 0 aliphatic heterocycles. The first-order chi connectivity index (χ1) is 9.97. The van der Waals surface area contributed by atoms with Crippen LogP contribution in [0.5, 0.6) is 0 Å². The third kappa shape index (κ3) is 2.70. The van der Waals surface area contributed by atoms with Gasteiger partial charge in [-0.15, -0.1) is 0 Å². The second-order valence-electron chi connectivity index (χ2n) is 5.50. The largest absolute Gasteiger partial charge is 0.416 e. The van der Waals surface area contributed by atoms with Crippen LogP contribution in [0.1, 0.15) is 41.3 Å². The van der Waals surface area contributed by atoms with Gasteiger partial charge in [0.05, 0.1) is 5.56 Å². The van der Waals surface area contributed by atoms with E-state index in [1.807, 2.05) is 16.8 Å². The van der Waals surface area contributed by atoms with Gasteiger partial charge in [-0.25, -0.2) is 0 Å². The number of hydrogen-bond donors (Lipinski definition) is 1. The summed E-state index contributed by atoms with van der Waals surface area (Å²) in [5.74, 6) is 0. The van der Waals surface area contributed by atoms with Crippen LogP contribution < -0.4 is 5.73 Å². The Hall–Kier alpha value is -1.75. The summed E-state index contributed by atoms with van der Waals surface area (Å²) in [6, 6.07) is 7.69. The number of alkyl halides is 3. The number of fused-ring (bicyclic) bond motifs is 1. The van der Waals surface area contributed by atoms with Crippen LogP contribution in [0.2, 0.25) is 0 Å². The van der Waals surface area contributed by atoms with Crippen LogP contribution in [0.3, 0.4) is 0 Å². The summed E-state index contributed by atoms with van der Waals surface area (Å²) in [6.45, 7) is 0.234. The van der Waals surface area contributed by atoms with Crippen molar-refractivity contribution in [3.05, 3.63) is 58.9 Å². The number of aromatic nitrogens is 1. The van der Waals surface area contributed by atoms with Gasteiger partial charge in [-0.3, -0.25) is 0 Å². The van der Waals surface area contributed by atoms with E-state index < -0.39 is 11.7 Å². The number of halogens is 3. The molecule has 5 heteroatoms. The van der Waals surface area contributed by atoms with E-state index in [1.165, 1.54) is 12.1 Å². The molecule has 1 aliphatic carbocycles. The maximum Gasteiger partial charge on any atom is 0.416 e. The molecule has 2 nitrogen and oxygen atoms in total. The average molecular weight is 294 g/mol. The Morgan fingerprint density at radius 2 is 1.95 bits per heavy atom. The third-order valence-corrected chi connectivity index (χ3v) is 4.11. The van der Waals surface area contributed by atoms with Crippen molar-refractivity contribution >= 4 is 0 Å². The van der Waals surface area contributed by atoms with Gasteiger partial charge in [0.2, 0.25) is 0 Å². The number of benzene rings is 1. The molecule has 3 rings (SSSR count). The fraction of sp³-hybridized carbons (Fsp3) is 0.375. The second-order valence-corrected chi connectivity index (χ2v) is 5.50. The highest BCUT2D eigenvalue weighted by Crippen LogP contribution is 2.34. The van der Waals surface area contributed by atoms with Crippen molar-refractivity contribution in [1.82, 2.24) is 4.57 Å². The molecular formula is C16H17F3N2. The molecule has 1 aromatic heterocycles. The van der Waals surface area contributed by atoms with Gasteiger partial charge in [-0.2, -0.15) is 13.2 Å². The number of hydrogen-bond acceptors (Lipinski definition) is 1. The summed E-state index contributed by atoms with van der Waals surface area (Å²) < 4.78 is 41.0. The summed E-state index contributed by atoms with van der Waals surface area (Å²) in [4.78, 5) is 0. The Balaban J connectivity index is 1.95. The van der Waals surface area contributed by atoms with Crippen molar-refractivity contribution < 1.29 is 13.2 Å². The quantitative estimate of drug-likeness (QED) is 0.895. The first kappa shape index (κ1) is 14.2. The summed E-state index contributed by atoms with van der Waals surface area (Å²) in [6.07, 6.45) is 0.336. The van der Waals surface area contributed by atoms with Crippen LogP contribution in [-0.2, 0) is 19.1 Å². The van der Waals surface area contributed by atoms with Crippen molar-refractivity contribution in [2.45, 2.75) is 38.0 Å². The lowest BCUT2D eigenvalue weighted by molar-refractivity contribution is -0.138. The lowest BCUT2D eigenvalue weighted by atomic mass is 9.93. The summed E-state index contributed by atoms with van der Waals surface area (Å²) >= 11 is 0. The summed E-state index contributed by atoms with van der Waals surface area (Å²) in [5.41, 5.74) is 7.94. The van der Waals surface area contributed by atoms with Gasteiger partial charge in [0.15, 0.2) is 0 Å². The zero-order valence-corrected chi connectivity index (χ0v) is 11.5. The van der Waals surface area contributed by atoms with Crippen LogP contribution in [0.25, 0.3) is 0 Å². The van der Waals surface area contributed by atoms with Gasteiger partial charge in [0, 0.05) is 24.5 Å². The molecule has 1 aromatic carbocycles. The van der Waals surface area contributed by atoms with E-state index in [-0.39, 0.29) is 12.6 Å². The van der Waals surface area contributed by atoms with Crippen LogP contribution in [0.4, 0.5) is 13.2 Å². The highest BCUT2D eigenvalue weighted by Gasteiger charge is 2.33. The van der Waals surface area contributed by atoms with Gasteiger partial charge in [0.1, 0.15) is 0 Å². The highest BCUT2D eigenvalue weighted by molar-refractivity contribution is 5.33. The van der Waals surface area contributed by atoms with Crippen molar-refractivity contribution in [2.24, 2.45) is 5.73 Å². The van der Waals surface area contributed by atoms with E-state index in [1.54, 1.807) is 6.07 Å². The fourth-order valence-electron chi connectivity index (χ4n) is 3.06. The molecule has 112 valence electrons. The molecule has 21 heavy (non-hydrogen) atoms. The molecule has 0 bridgehead atoms. The predicted molar refractivity (Wildman–Crippen MR) is 74.8 cm³/mol. The molecule has 0 spiro atoms. The zero-order valence-electron chi connectivity index (χ0n) is 11.5. The number of rotatable bonds is 2. The molecule has 1 atom stereocenters.